The topological polar surface area (TPSA) is 48.2 Å². The van der Waals surface area contributed by atoms with Gasteiger partial charge >= 0.3 is 0 Å². The molecule has 0 spiro atoms. The first-order valence-electron chi connectivity index (χ1n) is 9.56. The molecule has 0 bridgehead atoms. The molecule has 1 N–H and O–H groups in total. The second kappa shape index (κ2) is 9.43. The summed E-state index contributed by atoms with van der Waals surface area (Å²) >= 11 is 6.05. The van der Waals surface area contributed by atoms with Gasteiger partial charge in [-0.1, -0.05) is 18.0 Å². The van der Waals surface area contributed by atoms with Crippen LogP contribution in [0.15, 0.2) is 29.5 Å². The Labute approximate surface area is 183 Å². The van der Waals surface area contributed by atoms with Crippen LogP contribution in [0.5, 0.6) is 0 Å². The third kappa shape index (κ3) is 4.86. The molecule has 2 aliphatic heterocycles. The summed E-state index contributed by atoms with van der Waals surface area (Å²) in [6, 6.07) is 4.47. The highest BCUT2D eigenvalue weighted by molar-refractivity contribution is 14.0. The number of nitrogens with one attached hydrogen (secondary N) is 1. The predicted molar refractivity (Wildman–Crippen MR) is 121 cm³/mol. The fraction of sp³-hybridized carbons (Fsp3) is 0.579. The molecule has 0 aromatic carbocycles. The van der Waals surface area contributed by atoms with Gasteiger partial charge < -0.3 is 14.6 Å². The fourth-order valence-electron chi connectivity index (χ4n) is 4.12. The van der Waals surface area contributed by atoms with Gasteiger partial charge in [-0.05, 0) is 44.5 Å². The van der Waals surface area contributed by atoms with Crippen molar-refractivity contribution >= 4 is 47.2 Å². The molecular weight excluding hydrogens is 475 g/mol. The zero-order chi connectivity index (χ0) is 17.9. The Hall–Kier alpha value is -1.06. The highest BCUT2D eigenvalue weighted by atomic mass is 127. The van der Waals surface area contributed by atoms with Crippen molar-refractivity contribution in [1.29, 1.82) is 0 Å². The van der Waals surface area contributed by atoms with Gasteiger partial charge in [0.25, 0.3) is 0 Å². The van der Waals surface area contributed by atoms with Gasteiger partial charge in [-0.2, -0.15) is 0 Å². The first kappa shape index (κ1) is 20.7. The molecule has 148 valence electrons. The maximum atomic E-state index is 6.05. The number of nitrogens with zero attached hydrogens (tertiary/aromatic N) is 5. The molecule has 4 heterocycles. The number of pyridine rings is 1. The first-order valence-corrected chi connectivity index (χ1v) is 9.93. The molecule has 4 rings (SSSR count). The van der Waals surface area contributed by atoms with Gasteiger partial charge in [0.05, 0.1) is 17.3 Å². The van der Waals surface area contributed by atoms with Crippen molar-refractivity contribution < 1.29 is 0 Å². The Morgan fingerprint density at radius 2 is 2.04 bits per heavy atom. The van der Waals surface area contributed by atoms with Gasteiger partial charge in [-0.3, -0.25) is 9.89 Å². The van der Waals surface area contributed by atoms with Crippen molar-refractivity contribution in [1.82, 2.24) is 24.5 Å². The summed E-state index contributed by atoms with van der Waals surface area (Å²) in [4.78, 5) is 14.2. The second-order valence-electron chi connectivity index (χ2n) is 7.23. The monoisotopic (exact) mass is 502 g/mol. The Balaban J connectivity index is 0.00000210. The molecule has 1 atom stereocenters. The zero-order valence-electron chi connectivity index (χ0n) is 15.8. The normalized spacial score (nSPS) is 21.5. The molecular formula is C19H28ClIN6. The number of imidazole rings is 1. The van der Waals surface area contributed by atoms with Crippen molar-refractivity contribution in [2.45, 2.75) is 38.3 Å². The van der Waals surface area contributed by atoms with E-state index in [1.165, 1.54) is 38.8 Å². The summed E-state index contributed by atoms with van der Waals surface area (Å²) in [5, 5.41) is 4.19. The summed E-state index contributed by atoms with van der Waals surface area (Å²) < 4.78 is 1.96. The molecule has 0 radical (unpaired) electrons. The van der Waals surface area contributed by atoms with Crippen LogP contribution in [0.25, 0.3) is 5.65 Å². The minimum atomic E-state index is 0. The molecule has 8 heteroatoms. The number of aliphatic imine (C=N–C) groups is 1. The lowest BCUT2D eigenvalue weighted by molar-refractivity contribution is 0.168. The van der Waals surface area contributed by atoms with Crippen molar-refractivity contribution in [3.8, 4) is 0 Å². The van der Waals surface area contributed by atoms with E-state index in [0.29, 0.717) is 17.6 Å². The average Bonchev–Trinajstić information content (AvgIpc) is 3.30. The Morgan fingerprint density at radius 3 is 2.81 bits per heavy atom. The van der Waals surface area contributed by atoms with E-state index >= 15 is 0 Å². The Kier molecular flexibility index (Phi) is 7.22. The van der Waals surface area contributed by atoms with Crippen molar-refractivity contribution in [2.24, 2.45) is 4.99 Å². The standard InChI is InChI=1S/C19H27ClN6.HI/c1-21-19(25-10-7-17(14-25)24-8-3-2-4-9-24)22-11-16-13-26-12-15(20)5-6-18(26)23-16;/h5-6,12-13,17H,2-4,7-11,14H2,1H3,(H,21,22);1H. The summed E-state index contributed by atoms with van der Waals surface area (Å²) in [6.07, 6.45) is 9.21. The first-order chi connectivity index (χ1) is 12.7. The number of piperidine rings is 1. The van der Waals surface area contributed by atoms with E-state index in [0.717, 1.165) is 30.4 Å². The van der Waals surface area contributed by atoms with Crippen LogP contribution in [0, 0.1) is 0 Å². The van der Waals surface area contributed by atoms with Crippen LogP contribution in [0.3, 0.4) is 0 Å². The van der Waals surface area contributed by atoms with Crippen molar-refractivity contribution in [2.75, 3.05) is 33.2 Å². The SMILES string of the molecule is CN=C(NCc1cn2cc(Cl)ccc2n1)N1CCC(N2CCCCC2)C1.I. The summed E-state index contributed by atoms with van der Waals surface area (Å²) in [5.41, 5.74) is 1.90. The summed E-state index contributed by atoms with van der Waals surface area (Å²) in [5.74, 6) is 0.972. The van der Waals surface area contributed by atoms with Gasteiger partial charge in [0.2, 0.25) is 0 Å². The van der Waals surface area contributed by atoms with Crippen LogP contribution < -0.4 is 5.32 Å². The molecule has 2 fully saturated rings. The van der Waals surface area contributed by atoms with Gasteiger partial charge in [-0.15, -0.1) is 24.0 Å². The van der Waals surface area contributed by atoms with Gasteiger partial charge in [-0.25, -0.2) is 4.98 Å². The van der Waals surface area contributed by atoms with E-state index < -0.39 is 0 Å². The van der Waals surface area contributed by atoms with E-state index in [1.54, 1.807) is 0 Å². The number of aromatic nitrogens is 2. The van der Waals surface area contributed by atoms with Crippen molar-refractivity contribution in [3.63, 3.8) is 0 Å². The van der Waals surface area contributed by atoms with E-state index in [-0.39, 0.29) is 24.0 Å². The number of hydrogen-bond donors (Lipinski definition) is 1. The smallest absolute Gasteiger partial charge is 0.194 e. The maximum Gasteiger partial charge on any atom is 0.194 e. The van der Waals surface area contributed by atoms with Gasteiger partial charge in [0, 0.05) is 38.6 Å². The molecule has 6 nitrogen and oxygen atoms in total. The van der Waals surface area contributed by atoms with E-state index in [1.807, 2.05) is 36.0 Å². The average molecular weight is 503 g/mol. The Morgan fingerprint density at radius 1 is 1.22 bits per heavy atom. The van der Waals surface area contributed by atoms with Gasteiger partial charge in [0.15, 0.2) is 5.96 Å². The minimum absolute atomic E-state index is 0. The van der Waals surface area contributed by atoms with E-state index in [9.17, 15) is 0 Å². The number of fused-ring (bicyclic) bond motifs is 1. The zero-order valence-corrected chi connectivity index (χ0v) is 18.9. The lowest BCUT2D eigenvalue weighted by atomic mass is 10.1. The lowest BCUT2D eigenvalue weighted by Gasteiger charge is -2.32. The molecule has 2 aromatic heterocycles. The largest absolute Gasteiger partial charge is 0.351 e. The van der Waals surface area contributed by atoms with Crippen LogP contribution in [0.2, 0.25) is 5.02 Å². The number of guanidine groups is 1. The number of rotatable bonds is 3. The third-order valence-corrected chi connectivity index (χ3v) is 5.70. The third-order valence-electron chi connectivity index (χ3n) is 5.47. The highest BCUT2D eigenvalue weighted by Crippen LogP contribution is 2.20. The second-order valence-corrected chi connectivity index (χ2v) is 7.67. The number of hydrogen-bond acceptors (Lipinski definition) is 3. The maximum absolute atomic E-state index is 6.05. The molecule has 0 aliphatic carbocycles. The van der Waals surface area contributed by atoms with Crippen LogP contribution in [0.4, 0.5) is 0 Å². The molecule has 0 saturated carbocycles. The van der Waals surface area contributed by atoms with Crippen LogP contribution in [-0.4, -0.2) is 64.4 Å². The minimum Gasteiger partial charge on any atom is -0.351 e. The van der Waals surface area contributed by atoms with Crippen molar-refractivity contribution in [3.05, 3.63) is 35.2 Å². The quantitative estimate of drug-likeness (QED) is 0.398. The number of halogens is 2. The van der Waals surface area contributed by atoms with Crippen LogP contribution in [-0.2, 0) is 6.54 Å². The fourth-order valence-corrected chi connectivity index (χ4v) is 4.29. The molecule has 27 heavy (non-hydrogen) atoms. The molecule has 2 aromatic rings. The predicted octanol–water partition coefficient (Wildman–Crippen LogP) is 3.24. The Bertz CT molecular complexity index is 786. The van der Waals surface area contributed by atoms with Crippen LogP contribution >= 0.6 is 35.6 Å². The van der Waals surface area contributed by atoms with Gasteiger partial charge in [0.1, 0.15) is 5.65 Å². The highest BCUT2D eigenvalue weighted by Gasteiger charge is 2.29. The molecule has 0 amide bonds. The van der Waals surface area contributed by atoms with E-state index in [2.05, 4.69) is 25.1 Å². The number of likely N-dealkylation sites (tertiary alicyclic amines) is 2. The lowest BCUT2D eigenvalue weighted by Crippen LogP contribution is -2.44. The summed E-state index contributed by atoms with van der Waals surface area (Å²) in [6.45, 7) is 5.32. The van der Waals surface area contributed by atoms with E-state index in [4.69, 9.17) is 11.6 Å². The molecule has 2 saturated heterocycles. The molecule has 1 unspecified atom stereocenters. The molecule has 2 aliphatic rings. The van der Waals surface area contributed by atoms with Crippen LogP contribution in [0.1, 0.15) is 31.4 Å². The summed E-state index contributed by atoms with van der Waals surface area (Å²) in [7, 11) is 1.86.